The van der Waals surface area contributed by atoms with E-state index in [2.05, 4.69) is 10.3 Å². The molecule has 0 amide bonds. The summed E-state index contributed by atoms with van der Waals surface area (Å²) in [7, 11) is 0. The van der Waals surface area contributed by atoms with Crippen LogP contribution in [0, 0.1) is 5.82 Å². The van der Waals surface area contributed by atoms with E-state index >= 15 is 0 Å². The molecular weight excluding hydrogens is 265 g/mol. The standard InChI is InChI=1S/C17H22FN3/c1-3-19-12-15-10-11-20-17(16(15)18)21(4-2)13-14-8-6-5-7-9-14/h5-11,19H,3-4,12-13H2,1-2H3. The summed E-state index contributed by atoms with van der Waals surface area (Å²) in [4.78, 5) is 6.20. The van der Waals surface area contributed by atoms with Gasteiger partial charge in [0, 0.05) is 31.4 Å². The lowest BCUT2D eigenvalue weighted by molar-refractivity contribution is 0.579. The third-order valence-electron chi connectivity index (χ3n) is 3.41. The number of benzene rings is 1. The first-order chi connectivity index (χ1) is 10.3. The predicted octanol–water partition coefficient (Wildman–Crippen LogP) is 3.36. The van der Waals surface area contributed by atoms with Crippen molar-refractivity contribution in [2.75, 3.05) is 18.0 Å². The fourth-order valence-electron chi connectivity index (χ4n) is 2.23. The topological polar surface area (TPSA) is 28.2 Å². The molecule has 2 rings (SSSR count). The summed E-state index contributed by atoms with van der Waals surface area (Å²) < 4.78 is 14.6. The largest absolute Gasteiger partial charge is 0.350 e. The molecule has 0 unspecified atom stereocenters. The van der Waals surface area contributed by atoms with Crippen LogP contribution in [0.1, 0.15) is 25.0 Å². The molecular formula is C17H22FN3. The lowest BCUT2D eigenvalue weighted by Crippen LogP contribution is -2.25. The third-order valence-corrected chi connectivity index (χ3v) is 3.41. The van der Waals surface area contributed by atoms with Crippen LogP contribution in [0.5, 0.6) is 0 Å². The molecule has 0 saturated carbocycles. The maximum Gasteiger partial charge on any atom is 0.170 e. The molecule has 0 aliphatic heterocycles. The van der Waals surface area contributed by atoms with Crippen LogP contribution in [-0.2, 0) is 13.1 Å². The van der Waals surface area contributed by atoms with E-state index in [9.17, 15) is 4.39 Å². The zero-order chi connectivity index (χ0) is 15.1. The minimum absolute atomic E-state index is 0.226. The Balaban J connectivity index is 2.21. The molecule has 1 aromatic heterocycles. The van der Waals surface area contributed by atoms with E-state index in [1.165, 1.54) is 0 Å². The second-order valence-corrected chi connectivity index (χ2v) is 4.89. The number of hydrogen-bond donors (Lipinski definition) is 1. The Labute approximate surface area is 125 Å². The monoisotopic (exact) mass is 287 g/mol. The van der Waals surface area contributed by atoms with E-state index in [0.29, 0.717) is 31.0 Å². The first-order valence-corrected chi connectivity index (χ1v) is 7.39. The van der Waals surface area contributed by atoms with Crippen molar-refractivity contribution in [1.82, 2.24) is 10.3 Å². The molecule has 112 valence electrons. The quantitative estimate of drug-likeness (QED) is 0.846. The number of anilines is 1. The molecule has 0 atom stereocenters. The molecule has 2 aromatic rings. The zero-order valence-corrected chi connectivity index (χ0v) is 12.6. The van der Waals surface area contributed by atoms with Gasteiger partial charge in [0.2, 0.25) is 0 Å². The minimum atomic E-state index is -0.226. The van der Waals surface area contributed by atoms with Gasteiger partial charge in [-0.1, -0.05) is 37.3 Å². The molecule has 0 bridgehead atoms. The number of hydrogen-bond acceptors (Lipinski definition) is 3. The highest BCUT2D eigenvalue weighted by molar-refractivity contribution is 5.43. The minimum Gasteiger partial charge on any atom is -0.350 e. The summed E-state index contributed by atoms with van der Waals surface area (Å²) in [5.41, 5.74) is 1.81. The zero-order valence-electron chi connectivity index (χ0n) is 12.6. The van der Waals surface area contributed by atoms with Crippen molar-refractivity contribution in [2.24, 2.45) is 0 Å². The molecule has 0 radical (unpaired) electrons. The normalized spacial score (nSPS) is 10.6. The Morgan fingerprint density at radius 1 is 1.14 bits per heavy atom. The van der Waals surface area contributed by atoms with Gasteiger partial charge in [-0.25, -0.2) is 9.37 Å². The number of aromatic nitrogens is 1. The molecule has 0 spiro atoms. The van der Waals surface area contributed by atoms with Crippen LogP contribution >= 0.6 is 0 Å². The average molecular weight is 287 g/mol. The van der Waals surface area contributed by atoms with Crippen LogP contribution in [0.3, 0.4) is 0 Å². The Morgan fingerprint density at radius 2 is 1.90 bits per heavy atom. The van der Waals surface area contributed by atoms with E-state index in [4.69, 9.17) is 0 Å². The molecule has 1 aromatic carbocycles. The van der Waals surface area contributed by atoms with Crippen molar-refractivity contribution in [3.63, 3.8) is 0 Å². The van der Waals surface area contributed by atoms with Crippen LogP contribution in [0.15, 0.2) is 42.6 Å². The van der Waals surface area contributed by atoms with Gasteiger partial charge >= 0.3 is 0 Å². The number of halogens is 1. The fourth-order valence-corrected chi connectivity index (χ4v) is 2.23. The van der Waals surface area contributed by atoms with Gasteiger partial charge < -0.3 is 10.2 Å². The summed E-state index contributed by atoms with van der Waals surface area (Å²) in [6, 6.07) is 11.8. The highest BCUT2D eigenvalue weighted by Gasteiger charge is 2.15. The molecule has 21 heavy (non-hydrogen) atoms. The number of nitrogens with zero attached hydrogens (tertiary/aromatic N) is 2. The Kier molecular flexibility index (Phi) is 5.69. The van der Waals surface area contributed by atoms with Crippen LogP contribution in [0.2, 0.25) is 0 Å². The molecule has 0 saturated heterocycles. The fraction of sp³-hybridized carbons (Fsp3) is 0.353. The number of nitrogens with one attached hydrogen (secondary N) is 1. The third kappa shape index (κ3) is 4.02. The summed E-state index contributed by atoms with van der Waals surface area (Å²) in [5, 5.41) is 3.15. The number of pyridine rings is 1. The van der Waals surface area contributed by atoms with Gasteiger partial charge in [-0.2, -0.15) is 0 Å². The van der Waals surface area contributed by atoms with Crippen LogP contribution in [0.4, 0.5) is 10.2 Å². The van der Waals surface area contributed by atoms with Crippen LogP contribution < -0.4 is 10.2 Å². The van der Waals surface area contributed by atoms with Crippen LogP contribution in [0.25, 0.3) is 0 Å². The molecule has 3 nitrogen and oxygen atoms in total. The predicted molar refractivity (Wildman–Crippen MR) is 84.7 cm³/mol. The first kappa shape index (κ1) is 15.4. The van der Waals surface area contributed by atoms with Gasteiger partial charge in [-0.15, -0.1) is 0 Å². The summed E-state index contributed by atoms with van der Waals surface area (Å²) in [6.45, 7) is 6.74. The van der Waals surface area contributed by atoms with Crippen molar-refractivity contribution >= 4 is 5.82 Å². The van der Waals surface area contributed by atoms with Gasteiger partial charge in [0.15, 0.2) is 11.6 Å². The maximum absolute atomic E-state index is 14.6. The Morgan fingerprint density at radius 3 is 2.57 bits per heavy atom. The van der Waals surface area contributed by atoms with E-state index < -0.39 is 0 Å². The summed E-state index contributed by atoms with van der Waals surface area (Å²) in [5.74, 6) is 0.202. The molecule has 0 fully saturated rings. The first-order valence-electron chi connectivity index (χ1n) is 7.39. The van der Waals surface area contributed by atoms with E-state index in [1.807, 2.05) is 49.1 Å². The highest BCUT2D eigenvalue weighted by atomic mass is 19.1. The highest BCUT2D eigenvalue weighted by Crippen LogP contribution is 2.21. The van der Waals surface area contributed by atoms with E-state index in [1.54, 1.807) is 12.3 Å². The van der Waals surface area contributed by atoms with Gasteiger partial charge in [0.25, 0.3) is 0 Å². The van der Waals surface area contributed by atoms with Crippen LogP contribution in [-0.4, -0.2) is 18.1 Å². The molecule has 1 N–H and O–H groups in total. The van der Waals surface area contributed by atoms with Crippen molar-refractivity contribution in [3.8, 4) is 0 Å². The van der Waals surface area contributed by atoms with Crippen molar-refractivity contribution in [1.29, 1.82) is 0 Å². The second-order valence-electron chi connectivity index (χ2n) is 4.89. The SMILES string of the molecule is CCNCc1ccnc(N(CC)Cc2ccccc2)c1F. The van der Waals surface area contributed by atoms with Gasteiger partial charge in [-0.3, -0.25) is 0 Å². The molecule has 0 aliphatic rings. The lowest BCUT2D eigenvalue weighted by Gasteiger charge is -2.23. The van der Waals surface area contributed by atoms with Crippen molar-refractivity contribution in [3.05, 3.63) is 59.5 Å². The van der Waals surface area contributed by atoms with E-state index in [0.717, 1.165) is 12.1 Å². The van der Waals surface area contributed by atoms with E-state index in [-0.39, 0.29) is 5.82 Å². The molecule has 0 aliphatic carbocycles. The lowest BCUT2D eigenvalue weighted by atomic mass is 10.2. The van der Waals surface area contributed by atoms with Gasteiger partial charge in [0.05, 0.1) is 0 Å². The average Bonchev–Trinajstić information content (AvgIpc) is 2.53. The maximum atomic E-state index is 14.6. The smallest absolute Gasteiger partial charge is 0.170 e. The Bertz CT molecular complexity index is 557. The van der Waals surface area contributed by atoms with Gasteiger partial charge in [0.1, 0.15) is 0 Å². The van der Waals surface area contributed by atoms with Gasteiger partial charge in [-0.05, 0) is 25.1 Å². The second kappa shape index (κ2) is 7.74. The molecule has 1 heterocycles. The summed E-state index contributed by atoms with van der Waals surface area (Å²) >= 11 is 0. The molecule has 4 heteroatoms. The number of rotatable bonds is 7. The Hall–Kier alpha value is -1.94. The van der Waals surface area contributed by atoms with Crippen molar-refractivity contribution < 1.29 is 4.39 Å². The summed E-state index contributed by atoms with van der Waals surface area (Å²) in [6.07, 6.45) is 1.68. The van der Waals surface area contributed by atoms with Crippen molar-refractivity contribution in [2.45, 2.75) is 26.9 Å².